The summed E-state index contributed by atoms with van der Waals surface area (Å²) in [6.45, 7) is 4.16. The summed E-state index contributed by atoms with van der Waals surface area (Å²) in [6, 6.07) is 10.6. The quantitative estimate of drug-likeness (QED) is 0.661. The van der Waals surface area contributed by atoms with Crippen LogP contribution in [-0.2, 0) is 19.4 Å². The number of hydrogen-bond acceptors (Lipinski definition) is 4. The molecular formula is C22H23FN4OS. The highest BCUT2D eigenvalue weighted by Crippen LogP contribution is 2.29. The van der Waals surface area contributed by atoms with Gasteiger partial charge in [0.2, 0.25) is 0 Å². The van der Waals surface area contributed by atoms with Gasteiger partial charge >= 0.3 is 0 Å². The number of hydrogen-bond donors (Lipinski definition) is 0. The van der Waals surface area contributed by atoms with Gasteiger partial charge in [0, 0.05) is 48.9 Å². The number of amides is 1. The molecule has 0 N–H and O–H groups in total. The number of thiophene rings is 1. The summed E-state index contributed by atoms with van der Waals surface area (Å²) in [7, 11) is 0. The van der Waals surface area contributed by atoms with Crippen molar-refractivity contribution in [3.05, 3.63) is 69.4 Å². The second kappa shape index (κ2) is 7.72. The van der Waals surface area contributed by atoms with Gasteiger partial charge in [-0.2, -0.15) is 5.10 Å². The van der Waals surface area contributed by atoms with E-state index in [1.165, 1.54) is 17.0 Å². The Kier molecular flexibility index (Phi) is 4.93. The monoisotopic (exact) mass is 410 g/mol. The lowest BCUT2D eigenvalue weighted by atomic mass is 10.1. The van der Waals surface area contributed by atoms with E-state index in [0.717, 1.165) is 68.9 Å². The molecule has 0 atom stereocenters. The first-order valence-corrected chi connectivity index (χ1v) is 11.0. The number of aromatic nitrogens is 2. The molecule has 1 saturated heterocycles. The predicted octanol–water partition coefficient (Wildman–Crippen LogP) is 3.52. The maximum absolute atomic E-state index is 13.3. The van der Waals surface area contributed by atoms with E-state index >= 15 is 0 Å². The average Bonchev–Trinajstić information content (AvgIpc) is 3.47. The Balaban J connectivity index is 1.33. The van der Waals surface area contributed by atoms with E-state index in [2.05, 4.69) is 27.5 Å². The van der Waals surface area contributed by atoms with Crippen LogP contribution in [0.25, 0.3) is 5.69 Å². The maximum Gasteiger partial charge on any atom is 0.274 e. The number of nitrogens with zero attached hydrogens (tertiary/aromatic N) is 4. The second-order valence-corrected chi connectivity index (χ2v) is 8.70. The molecule has 0 radical (unpaired) electrons. The summed E-state index contributed by atoms with van der Waals surface area (Å²) >= 11 is 1.78. The molecule has 2 aliphatic rings. The van der Waals surface area contributed by atoms with Crippen LogP contribution in [-0.4, -0.2) is 51.7 Å². The lowest BCUT2D eigenvalue weighted by Crippen LogP contribution is -2.48. The largest absolute Gasteiger partial charge is 0.335 e. The van der Waals surface area contributed by atoms with Crippen LogP contribution in [0.2, 0.25) is 0 Å². The van der Waals surface area contributed by atoms with Crippen molar-refractivity contribution < 1.29 is 9.18 Å². The van der Waals surface area contributed by atoms with Gasteiger partial charge in [-0.05, 0) is 55.0 Å². The molecule has 0 unspecified atom stereocenters. The highest BCUT2D eigenvalue weighted by Gasteiger charge is 2.31. The number of rotatable bonds is 4. The van der Waals surface area contributed by atoms with E-state index in [-0.39, 0.29) is 11.7 Å². The molecule has 1 aliphatic heterocycles. The van der Waals surface area contributed by atoms with Crippen LogP contribution in [0.4, 0.5) is 4.39 Å². The Bertz CT molecular complexity index is 1000. The van der Waals surface area contributed by atoms with E-state index in [1.54, 1.807) is 23.5 Å². The number of carbonyl (C=O) groups excluding carboxylic acids is 1. The van der Waals surface area contributed by atoms with Crippen molar-refractivity contribution in [3.8, 4) is 5.69 Å². The van der Waals surface area contributed by atoms with Gasteiger partial charge in [0.25, 0.3) is 5.91 Å². The SMILES string of the molecule is O=C(c1nn(-c2ccc(F)cc2)c2c1CCC2)N1CCN(Cc2cccs2)CC1. The van der Waals surface area contributed by atoms with Gasteiger partial charge in [-0.1, -0.05) is 6.07 Å². The molecule has 1 fully saturated rings. The van der Waals surface area contributed by atoms with Gasteiger partial charge in [0.05, 0.1) is 5.69 Å². The zero-order valence-electron chi connectivity index (χ0n) is 16.2. The minimum absolute atomic E-state index is 0.0276. The molecule has 2 aromatic heterocycles. The molecule has 29 heavy (non-hydrogen) atoms. The smallest absolute Gasteiger partial charge is 0.274 e. The van der Waals surface area contributed by atoms with Crippen LogP contribution in [0.5, 0.6) is 0 Å². The standard InChI is InChI=1S/C22H23FN4OS/c23-16-6-8-17(9-7-16)27-20-5-1-4-19(20)21(24-27)22(28)26-12-10-25(11-13-26)15-18-3-2-14-29-18/h2-3,6-9,14H,1,4-5,10-13,15H2. The van der Waals surface area contributed by atoms with E-state index in [0.29, 0.717) is 5.69 Å². The van der Waals surface area contributed by atoms with Gasteiger partial charge in [0.1, 0.15) is 5.82 Å². The second-order valence-electron chi connectivity index (χ2n) is 7.66. The minimum atomic E-state index is -0.269. The van der Waals surface area contributed by atoms with Gasteiger partial charge in [0.15, 0.2) is 5.69 Å². The van der Waals surface area contributed by atoms with E-state index in [9.17, 15) is 9.18 Å². The third kappa shape index (κ3) is 3.60. The third-order valence-electron chi connectivity index (χ3n) is 5.82. The summed E-state index contributed by atoms with van der Waals surface area (Å²) in [5, 5.41) is 6.78. The minimum Gasteiger partial charge on any atom is -0.335 e. The van der Waals surface area contributed by atoms with Crippen molar-refractivity contribution >= 4 is 17.2 Å². The molecule has 150 valence electrons. The first-order chi connectivity index (χ1) is 14.2. The summed E-state index contributed by atoms with van der Waals surface area (Å²) < 4.78 is 15.1. The Hall–Kier alpha value is -2.51. The van der Waals surface area contributed by atoms with Crippen molar-refractivity contribution in [3.63, 3.8) is 0 Å². The number of halogens is 1. The van der Waals surface area contributed by atoms with E-state index in [1.807, 2.05) is 9.58 Å². The fourth-order valence-corrected chi connectivity index (χ4v) is 5.03. The summed E-state index contributed by atoms with van der Waals surface area (Å²) in [5.41, 5.74) is 3.55. The van der Waals surface area contributed by atoms with Gasteiger partial charge < -0.3 is 4.90 Å². The van der Waals surface area contributed by atoms with Gasteiger partial charge in [-0.15, -0.1) is 11.3 Å². The topological polar surface area (TPSA) is 41.4 Å². The Morgan fingerprint density at radius 3 is 2.59 bits per heavy atom. The zero-order valence-corrected chi connectivity index (χ0v) is 17.0. The Morgan fingerprint density at radius 1 is 1.07 bits per heavy atom. The Labute approximate surface area is 173 Å². The number of fused-ring (bicyclic) bond motifs is 1. The number of benzene rings is 1. The van der Waals surface area contributed by atoms with Crippen LogP contribution in [0.3, 0.4) is 0 Å². The van der Waals surface area contributed by atoms with Gasteiger partial charge in [-0.3, -0.25) is 9.69 Å². The molecule has 0 bridgehead atoms. The normalized spacial score (nSPS) is 16.9. The number of carbonyl (C=O) groups is 1. The average molecular weight is 411 g/mol. The molecule has 5 rings (SSSR count). The molecule has 3 heterocycles. The lowest BCUT2D eigenvalue weighted by molar-refractivity contribution is 0.0622. The van der Waals surface area contributed by atoms with E-state index in [4.69, 9.17) is 0 Å². The van der Waals surface area contributed by atoms with E-state index < -0.39 is 0 Å². The molecular weight excluding hydrogens is 387 g/mol. The summed E-state index contributed by atoms with van der Waals surface area (Å²) in [5.74, 6) is -0.242. The maximum atomic E-state index is 13.3. The van der Waals surface area contributed by atoms with Gasteiger partial charge in [-0.25, -0.2) is 9.07 Å². The van der Waals surface area contributed by atoms with Crippen LogP contribution < -0.4 is 0 Å². The van der Waals surface area contributed by atoms with Crippen molar-refractivity contribution in [2.45, 2.75) is 25.8 Å². The van der Waals surface area contributed by atoms with Crippen LogP contribution in [0.15, 0.2) is 41.8 Å². The first kappa shape index (κ1) is 18.5. The Morgan fingerprint density at radius 2 is 1.86 bits per heavy atom. The molecule has 1 aliphatic carbocycles. The van der Waals surface area contributed by atoms with Crippen molar-refractivity contribution in [2.24, 2.45) is 0 Å². The molecule has 3 aromatic rings. The van der Waals surface area contributed by atoms with Crippen molar-refractivity contribution in [2.75, 3.05) is 26.2 Å². The molecule has 0 spiro atoms. The molecule has 1 amide bonds. The molecule has 0 saturated carbocycles. The molecule has 1 aromatic carbocycles. The zero-order chi connectivity index (χ0) is 19.8. The van der Waals surface area contributed by atoms with Crippen molar-refractivity contribution in [1.82, 2.24) is 19.6 Å². The van der Waals surface area contributed by atoms with Crippen molar-refractivity contribution in [1.29, 1.82) is 0 Å². The fourth-order valence-electron chi connectivity index (χ4n) is 4.29. The van der Waals surface area contributed by atoms with Crippen LogP contribution in [0, 0.1) is 5.82 Å². The lowest BCUT2D eigenvalue weighted by Gasteiger charge is -2.34. The summed E-state index contributed by atoms with van der Waals surface area (Å²) in [6.07, 6.45) is 2.82. The molecule has 7 heteroatoms. The first-order valence-electron chi connectivity index (χ1n) is 10.1. The summed E-state index contributed by atoms with van der Waals surface area (Å²) in [4.78, 5) is 18.9. The van der Waals surface area contributed by atoms with Crippen LogP contribution >= 0.6 is 11.3 Å². The molecule has 5 nitrogen and oxygen atoms in total. The number of piperazine rings is 1. The highest BCUT2D eigenvalue weighted by molar-refractivity contribution is 7.09. The fraction of sp³-hybridized carbons (Fsp3) is 0.364. The van der Waals surface area contributed by atoms with Crippen LogP contribution in [0.1, 0.15) is 33.0 Å². The third-order valence-corrected chi connectivity index (χ3v) is 6.68. The highest BCUT2D eigenvalue weighted by atomic mass is 32.1. The predicted molar refractivity (Wildman–Crippen MR) is 111 cm³/mol.